The van der Waals surface area contributed by atoms with E-state index in [-0.39, 0.29) is 11.5 Å². The molecule has 2 rings (SSSR count). The van der Waals surface area contributed by atoms with Crippen LogP contribution in [-0.2, 0) is 4.79 Å². The zero-order chi connectivity index (χ0) is 12.3. The zero-order valence-electron chi connectivity index (χ0n) is 9.22. The molecule has 1 fully saturated rings. The number of carboxylic acid groups (broad SMARTS) is 1. The molecule has 0 unspecified atom stereocenters. The molecule has 0 saturated carbocycles. The van der Waals surface area contributed by atoms with Crippen molar-refractivity contribution in [2.45, 2.75) is 12.8 Å². The summed E-state index contributed by atoms with van der Waals surface area (Å²) in [6.07, 6.45) is 1.54. The van der Waals surface area contributed by atoms with Gasteiger partial charge in [-0.25, -0.2) is 4.79 Å². The van der Waals surface area contributed by atoms with Crippen LogP contribution in [0.5, 0.6) is 5.06 Å². The predicted molar refractivity (Wildman–Crippen MR) is 62.6 cm³/mol. The molecule has 1 saturated heterocycles. The molecule has 0 atom stereocenters. The van der Waals surface area contributed by atoms with Gasteiger partial charge in [0.2, 0.25) is 5.91 Å². The second-order valence-corrected chi connectivity index (χ2v) is 4.67. The van der Waals surface area contributed by atoms with Crippen LogP contribution in [0, 0.1) is 0 Å². The molecule has 1 aromatic heterocycles. The predicted octanol–water partition coefficient (Wildman–Crippen LogP) is 1.45. The molecule has 1 amide bonds. The monoisotopic (exact) mass is 255 g/mol. The first-order valence-electron chi connectivity index (χ1n) is 5.39. The molecule has 6 heteroatoms. The molecule has 1 aromatic rings. The van der Waals surface area contributed by atoms with Crippen LogP contribution in [-0.4, -0.2) is 41.6 Å². The van der Waals surface area contributed by atoms with Gasteiger partial charge >= 0.3 is 5.97 Å². The number of aromatic carboxylic acids is 1. The van der Waals surface area contributed by atoms with Crippen molar-refractivity contribution < 1.29 is 19.4 Å². The van der Waals surface area contributed by atoms with Crippen LogP contribution in [0.4, 0.5) is 0 Å². The SMILES string of the molecule is O=C(O)c1csc(OCCN2CCCC2=O)c1. The third-order valence-corrected chi connectivity index (χ3v) is 3.44. The van der Waals surface area contributed by atoms with E-state index in [4.69, 9.17) is 9.84 Å². The molecule has 1 N–H and O–H groups in total. The lowest BCUT2D eigenvalue weighted by atomic mass is 10.3. The van der Waals surface area contributed by atoms with E-state index >= 15 is 0 Å². The molecule has 1 aliphatic heterocycles. The fourth-order valence-electron chi connectivity index (χ4n) is 1.70. The van der Waals surface area contributed by atoms with Crippen LogP contribution < -0.4 is 4.74 Å². The van der Waals surface area contributed by atoms with Gasteiger partial charge < -0.3 is 14.7 Å². The summed E-state index contributed by atoms with van der Waals surface area (Å²) in [5.74, 6) is -0.781. The molecule has 0 bridgehead atoms. The molecule has 0 aromatic carbocycles. The number of likely N-dealkylation sites (tertiary alicyclic amines) is 1. The second-order valence-electron chi connectivity index (χ2n) is 3.79. The molecular weight excluding hydrogens is 242 g/mol. The Morgan fingerprint density at radius 1 is 1.59 bits per heavy atom. The minimum Gasteiger partial charge on any atom is -0.482 e. The number of carbonyl (C=O) groups is 2. The number of hydrogen-bond acceptors (Lipinski definition) is 4. The van der Waals surface area contributed by atoms with Gasteiger partial charge in [0, 0.05) is 24.4 Å². The quantitative estimate of drug-likeness (QED) is 0.864. The van der Waals surface area contributed by atoms with Crippen molar-refractivity contribution in [2.75, 3.05) is 19.7 Å². The molecule has 2 heterocycles. The molecule has 0 radical (unpaired) electrons. The van der Waals surface area contributed by atoms with Gasteiger partial charge in [0.05, 0.1) is 12.1 Å². The summed E-state index contributed by atoms with van der Waals surface area (Å²) in [5, 5.41) is 10.8. The Morgan fingerprint density at radius 3 is 3.00 bits per heavy atom. The summed E-state index contributed by atoms with van der Waals surface area (Å²) in [5.41, 5.74) is 0.238. The third-order valence-electron chi connectivity index (χ3n) is 2.60. The number of nitrogens with zero attached hydrogens (tertiary/aromatic N) is 1. The van der Waals surface area contributed by atoms with Gasteiger partial charge in [0.25, 0.3) is 0 Å². The molecule has 5 nitrogen and oxygen atoms in total. The fraction of sp³-hybridized carbons (Fsp3) is 0.455. The molecule has 92 valence electrons. The number of carboxylic acids is 1. The van der Waals surface area contributed by atoms with Crippen molar-refractivity contribution in [2.24, 2.45) is 0 Å². The summed E-state index contributed by atoms with van der Waals surface area (Å²) >= 11 is 1.25. The summed E-state index contributed by atoms with van der Waals surface area (Å²) in [4.78, 5) is 23.7. The highest BCUT2D eigenvalue weighted by Crippen LogP contribution is 2.23. The first kappa shape index (κ1) is 11.9. The van der Waals surface area contributed by atoms with Gasteiger partial charge in [-0.1, -0.05) is 0 Å². The van der Waals surface area contributed by atoms with Gasteiger partial charge in [-0.3, -0.25) is 4.79 Å². The lowest BCUT2D eigenvalue weighted by molar-refractivity contribution is -0.128. The van der Waals surface area contributed by atoms with E-state index in [9.17, 15) is 9.59 Å². The van der Waals surface area contributed by atoms with E-state index in [2.05, 4.69) is 0 Å². The summed E-state index contributed by atoms with van der Waals surface area (Å²) < 4.78 is 5.41. The first-order valence-corrected chi connectivity index (χ1v) is 6.27. The van der Waals surface area contributed by atoms with E-state index in [1.807, 2.05) is 0 Å². The van der Waals surface area contributed by atoms with Crippen molar-refractivity contribution in [3.8, 4) is 5.06 Å². The highest BCUT2D eigenvalue weighted by atomic mass is 32.1. The average Bonchev–Trinajstić information content (AvgIpc) is 2.89. The highest BCUT2D eigenvalue weighted by molar-refractivity contribution is 7.12. The maximum atomic E-state index is 11.3. The minimum atomic E-state index is -0.953. The largest absolute Gasteiger partial charge is 0.482 e. The smallest absolute Gasteiger partial charge is 0.336 e. The van der Waals surface area contributed by atoms with Crippen LogP contribution in [0.1, 0.15) is 23.2 Å². The van der Waals surface area contributed by atoms with Gasteiger partial charge in [0.1, 0.15) is 6.61 Å². The lowest BCUT2D eigenvalue weighted by Gasteiger charge is -2.14. The summed E-state index contributed by atoms with van der Waals surface area (Å²) in [6.45, 7) is 1.78. The molecular formula is C11H13NO4S. The van der Waals surface area contributed by atoms with Gasteiger partial charge in [0.15, 0.2) is 5.06 Å². The standard InChI is InChI=1S/C11H13NO4S/c13-9-2-1-3-12(9)4-5-16-10-6-8(7-17-10)11(14)15/h6-7H,1-5H2,(H,14,15). The van der Waals surface area contributed by atoms with Crippen LogP contribution in [0.15, 0.2) is 11.4 Å². The van der Waals surface area contributed by atoms with Crippen LogP contribution in [0.2, 0.25) is 0 Å². The maximum absolute atomic E-state index is 11.3. The second kappa shape index (κ2) is 5.18. The summed E-state index contributed by atoms with van der Waals surface area (Å²) in [6, 6.07) is 1.50. The normalized spacial score (nSPS) is 15.3. The van der Waals surface area contributed by atoms with Gasteiger partial charge in [-0.2, -0.15) is 0 Å². The van der Waals surface area contributed by atoms with Crippen molar-refractivity contribution >= 4 is 23.2 Å². The van der Waals surface area contributed by atoms with Crippen LogP contribution in [0.3, 0.4) is 0 Å². The Labute approximate surface area is 103 Å². The molecule has 17 heavy (non-hydrogen) atoms. The maximum Gasteiger partial charge on any atom is 0.336 e. The Kier molecular flexibility index (Phi) is 3.63. The Bertz CT molecular complexity index is 429. The van der Waals surface area contributed by atoms with Crippen molar-refractivity contribution in [1.82, 2.24) is 4.90 Å². The van der Waals surface area contributed by atoms with E-state index < -0.39 is 5.97 Å². The fourth-order valence-corrected chi connectivity index (χ4v) is 2.46. The molecule has 0 aliphatic carbocycles. The van der Waals surface area contributed by atoms with Crippen LogP contribution in [0.25, 0.3) is 0 Å². The van der Waals surface area contributed by atoms with Gasteiger partial charge in [-0.05, 0) is 6.42 Å². The van der Waals surface area contributed by atoms with E-state index in [0.717, 1.165) is 13.0 Å². The van der Waals surface area contributed by atoms with Crippen LogP contribution >= 0.6 is 11.3 Å². The van der Waals surface area contributed by atoms with E-state index in [0.29, 0.717) is 24.6 Å². The number of rotatable bonds is 5. The highest BCUT2D eigenvalue weighted by Gasteiger charge is 2.19. The minimum absolute atomic E-state index is 0.172. The third kappa shape index (κ3) is 2.97. The zero-order valence-corrected chi connectivity index (χ0v) is 10.0. The number of hydrogen-bond donors (Lipinski definition) is 1. The Balaban J connectivity index is 1.77. The van der Waals surface area contributed by atoms with Crippen molar-refractivity contribution in [3.63, 3.8) is 0 Å². The first-order chi connectivity index (χ1) is 8.16. The van der Waals surface area contributed by atoms with Gasteiger partial charge in [-0.15, -0.1) is 11.3 Å². The lowest BCUT2D eigenvalue weighted by Crippen LogP contribution is -2.29. The number of thiophene rings is 1. The Morgan fingerprint density at radius 2 is 2.41 bits per heavy atom. The molecule has 1 aliphatic rings. The van der Waals surface area contributed by atoms with Crippen molar-refractivity contribution in [3.05, 3.63) is 17.0 Å². The number of carbonyl (C=O) groups excluding carboxylic acids is 1. The van der Waals surface area contributed by atoms with E-state index in [1.165, 1.54) is 17.4 Å². The average molecular weight is 255 g/mol. The number of amides is 1. The Hall–Kier alpha value is -1.56. The summed E-state index contributed by atoms with van der Waals surface area (Å²) in [7, 11) is 0. The topological polar surface area (TPSA) is 66.8 Å². The number of ether oxygens (including phenoxy) is 1. The van der Waals surface area contributed by atoms with Crippen molar-refractivity contribution in [1.29, 1.82) is 0 Å². The van der Waals surface area contributed by atoms with E-state index in [1.54, 1.807) is 10.3 Å². The molecule has 0 spiro atoms.